The number of carbonyl (C=O) groups is 2. The zero-order valence-corrected chi connectivity index (χ0v) is 19.3. The maximum absolute atomic E-state index is 12.7. The molecule has 29 heavy (non-hydrogen) atoms. The number of halogens is 1. The van der Waals surface area contributed by atoms with Crippen LogP contribution < -0.4 is 0 Å². The molecular formula is C21H27BrN4O2S. The molecule has 1 aliphatic rings. The van der Waals surface area contributed by atoms with Crippen LogP contribution in [0.25, 0.3) is 10.6 Å². The summed E-state index contributed by atoms with van der Waals surface area (Å²) in [6, 6.07) is 8.02. The van der Waals surface area contributed by atoms with E-state index in [-0.39, 0.29) is 11.8 Å². The van der Waals surface area contributed by atoms with E-state index in [9.17, 15) is 9.59 Å². The van der Waals surface area contributed by atoms with Gasteiger partial charge >= 0.3 is 0 Å². The Bertz CT molecular complexity index is 845. The van der Waals surface area contributed by atoms with Gasteiger partial charge in [-0.3, -0.25) is 14.5 Å². The van der Waals surface area contributed by atoms with Gasteiger partial charge in [0.05, 0.1) is 18.7 Å². The SMILES string of the molecule is CCN(CC)C(=O)CN1CCN(C(=O)Cc2csc(-c3cccc(Br)c3)n2)CC1. The van der Waals surface area contributed by atoms with Crippen molar-refractivity contribution in [3.05, 3.63) is 39.8 Å². The normalized spacial score (nSPS) is 14.8. The zero-order chi connectivity index (χ0) is 20.8. The van der Waals surface area contributed by atoms with Crippen LogP contribution in [0, 0.1) is 0 Å². The highest BCUT2D eigenvalue weighted by atomic mass is 79.9. The Kier molecular flexibility index (Phi) is 7.80. The fourth-order valence-corrected chi connectivity index (χ4v) is 4.65. The molecule has 8 heteroatoms. The number of carbonyl (C=O) groups excluding carboxylic acids is 2. The summed E-state index contributed by atoms with van der Waals surface area (Å²) < 4.78 is 1.01. The standard InChI is InChI=1S/C21H27BrN4O2S/c1-3-25(4-2)20(28)14-24-8-10-26(11-9-24)19(27)13-18-15-29-21(23-18)16-6-5-7-17(22)12-16/h5-7,12,15H,3-4,8-11,13-14H2,1-2H3. The molecule has 1 aromatic carbocycles. The van der Waals surface area contributed by atoms with Crippen molar-refractivity contribution in [3.8, 4) is 10.6 Å². The van der Waals surface area contributed by atoms with E-state index in [1.165, 1.54) is 0 Å². The van der Waals surface area contributed by atoms with Crippen molar-refractivity contribution in [2.75, 3.05) is 45.8 Å². The second-order valence-corrected chi connectivity index (χ2v) is 8.83. The van der Waals surface area contributed by atoms with Crippen molar-refractivity contribution in [3.63, 3.8) is 0 Å². The molecule has 2 aromatic rings. The van der Waals surface area contributed by atoms with E-state index in [0.717, 1.165) is 46.9 Å². The second kappa shape index (κ2) is 10.3. The minimum absolute atomic E-state index is 0.103. The number of likely N-dealkylation sites (N-methyl/N-ethyl adjacent to an activating group) is 1. The Morgan fingerprint density at radius 3 is 2.55 bits per heavy atom. The molecule has 1 saturated heterocycles. The lowest BCUT2D eigenvalue weighted by Gasteiger charge is -2.35. The van der Waals surface area contributed by atoms with Gasteiger partial charge in [-0.15, -0.1) is 11.3 Å². The maximum atomic E-state index is 12.7. The van der Waals surface area contributed by atoms with Crippen LogP contribution in [0.1, 0.15) is 19.5 Å². The lowest BCUT2D eigenvalue weighted by molar-refractivity contribution is -0.134. The minimum atomic E-state index is 0.103. The molecule has 2 amide bonds. The number of amides is 2. The quantitative estimate of drug-likeness (QED) is 0.613. The third-order valence-corrected chi connectivity index (χ3v) is 6.59. The van der Waals surface area contributed by atoms with Crippen molar-refractivity contribution >= 4 is 39.1 Å². The molecule has 3 rings (SSSR count). The first-order chi connectivity index (χ1) is 14.0. The summed E-state index contributed by atoms with van der Waals surface area (Å²) in [5, 5.41) is 2.89. The average Bonchev–Trinajstić information content (AvgIpc) is 3.18. The number of hydrogen-bond acceptors (Lipinski definition) is 5. The summed E-state index contributed by atoms with van der Waals surface area (Å²) in [5.41, 5.74) is 1.86. The Labute approximate surface area is 184 Å². The number of nitrogens with zero attached hydrogens (tertiary/aromatic N) is 4. The number of rotatable bonds is 7. The first-order valence-corrected chi connectivity index (χ1v) is 11.7. The van der Waals surface area contributed by atoms with Gasteiger partial charge in [0.2, 0.25) is 11.8 Å². The van der Waals surface area contributed by atoms with Crippen LogP contribution in [-0.2, 0) is 16.0 Å². The van der Waals surface area contributed by atoms with Gasteiger partial charge in [-0.1, -0.05) is 28.1 Å². The largest absolute Gasteiger partial charge is 0.342 e. The molecule has 0 aliphatic carbocycles. The maximum Gasteiger partial charge on any atom is 0.236 e. The Balaban J connectivity index is 1.50. The van der Waals surface area contributed by atoms with Crippen LogP contribution in [0.2, 0.25) is 0 Å². The summed E-state index contributed by atoms with van der Waals surface area (Å²) in [6.07, 6.45) is 0.322. The predicted molar refractivity (Wildman–Crippen MR) is 120 cm³/mol. The number of piperazine rings is 1. The van der Waals surface area contributed by atoms with Crippen LogP contribution in [0.15, 0.2) is 34.1 Å². The fraction of sp³-hybridized carbons (Fsp3) is 0.476. The molecule has 1 aliphatic heterocycles. The third kappa shape index (κ3) is 5.87. The number of aromatic nitrogens is 1. The molecule has 0 N–H and O–H groups in total. The zero-order valence-electron chi connectivity index (χ0n) is 16.9. The molecule has 0 radical (unpaired) electrons. The molecule has 156 valence electrons. The number of thiazole rings is 1. The molecule has 1 aromatic heterocycles. The van der Waals surface area contributed by atoms with E-state index < -0.39 is 0 Å². The van der Waals surface area contributed by atoms with Crippen LogP contribution in [0.4, 0.5) is 0 Å². The number of benzene rings is 1. The van der Waals surface area contributed by atoms with Crippen LogP contribution in [0.5, 0.6) is 0 Å². The van der Waals surface area contributed by atoms with Crippen molar-refractivity contribution < 1.29 is 9.59 Å². The first-order valence-electron chi connectivity index (χ1n) is 9.98. The monoisotopic (exact) mass is 478 g/mol. The molecule has 0 unspecified atom stereocenters. The van der Waals surface area contributed by atoms with E-state index in [4.69, 9.17) is 0 Å². The van der Waals surface area contributed by atoms with Crippen molar-refractivity contribution in [1.29, 1.82) is 0 Å². The number of hydrogen-bond donors (Lipinski definition) is 0. The molecular weight excluding hydrogens is 452 g/mol. The van der Waals surface area contributed by atoms with Crippen molar-refractivity contribution in [2.45, 2.75) is 20.3 Å². The predicted octanol–water partition coefficient (Wildman–Crippen LogP) is 3.13. The van der Waals surface area contributed by atoms with Crippen molar-refractivity contribution in [1.82, 2.24) is 19.7 Å². The highest BCUT2D eigenvalue weighted by Gasteiger charge is 2.24. The van der Waals surface area contributed by atoms with Crippen LogP contribution in [0.3, 0.4) is 0 Å². The summed E-state index contributed by atoms with van der Waals surface area (Å²) in [5.74, 6) is 0.267. The van der Waals surface area contributed by atoms with E-state index in [0.29, 0.717) is 26.1 Å². The van der Waals surface area contributed by atoms with Gasteiger partial charge in [0, 0.05) is 54.7 Å². The summed E-state index contributed by atoms with van der Waals surface area (Å²) in [7, 11) is 0. The highest BCUT2D eigenvalue weighted by molar-refractivity contribution is 9.10. The van der Waals surface area contributed by atoms with Gasteiger partial charge in [-0.25, -0.2) is 4.98 Å². The fourth-order valence-electron chi connectivity index (χ4n) is 3.43. The Morgan fingerprint density at radius 1 is 1.17 bits per heavy atom. The van der Waals surface area contributed by atoms with Gasteiger partial charge in [0.1, 0.15) is 5.01 Å². The summed E-state index contributed by atoms with van der Waals surface area (Å²) in [4.78, 5) is 35.5. The van der Waals surface area contributed by atoms with Gasteiger partial charge in [0.15, 0.2) is 0 Å². The van der Waals surface area contributed by atoms with E-state index in [1.807, 2.05) is 53.3 Å². The molecule has 0 atom stereocenters. The Hall–Kier alpha value is -1.77. The van der Waals surface area contributed by atoms with Crippen LogP contribution in [-0.4, -0.2) is 77.3 Å². The lowest BCUT2D eigenvalue weighted by atomic mass is 10.2. The van der Waals surface area contributed by atoms with E-state index in [2.05, 4.69) is 25.8 Å². The van der Waals surface area contributed by atoms with Gasteiger partial charge in [-0.05, 0) is 26.0 Å². The molecule has 1 fully saturated rings. The van der Waals surface area contributed by atoms with Crippen molar-refractivity contribution in [2.24, 2.45) is 0 Å². The smallest absolute Gasteiger partial charge is 0.236 e. The molecule has 0 bridgehead atoms. The van der Waals surface area contributed by atoms with E-state index >= 15 is 0 Å². The van der Waals surface area contributed by atoms with Crippen LogP contribution >= 0.6 is 27.3 Å². The highest BCUT2D eigenvalue weighted by Crippen LogP contribution is 2.26. The Morgan fingerprint density at radius 2 is 1.90 bits per heavy atom. The topological polar surface area (TPSA) is 56.8 Å². The molecule has 2 heterocycles. The van der Waals surface area contributed by atoms with Gasteiger partial charge < -0.3 is 9.80 Å². The van der Waals surface area contributed by atoms with Gasteiger partial charge in [0.25, 0.3) is 0 Å². The van der Waals surface area contributed by atoms with E-state index in [1.54, 1.807) is 11.3 Å². The second-order valence-electron chi connectivity index (χ2n) is 7.05. The molecule has 0 spiro atoms. The minimum Gasteiger partial charge on any atom is -0.342 e. The average molecular weight is 479 g/mol. The lowest BCUT2D eigenvalue weighted by Crippen LogP contribution is -2.51. The third-order valence-electron chi connectivity index (χ3n) is 5.16. The molecule has 0 saturated carbocycles. The molecule has 6 nitrogen and oxygen atoms in total. The summed E-state index contributed by atoms with van der Waals surface area (Å²) >= 11 is 5.04. The summed E-state index contributed by atoms with van der Waals surface area (Å²) in [6.45, 7) is 8.70. The first kappa shape index (κ1) is 21.9. The van der Waals surface area contributed by atoms with Gasteiger partial charge in [-0.2, -0.15) is 0 Å².